The number of nitrogens with one attached hydrogen (secondary N) is 1. The van der Waals surface area contributed by atoms with Crippen LogP contribution in [0.3, 0.4) is 0 Å². The van der Waals surface area contributed by atoms with Crippen LogP contribution in [0.4, 0.5) is 0 Å². The number of ether oxygens (including phenoxy) is 1. The maximum atomic E-state index is 12.6. The standard InChI is InChI=1S/C77H149NO5/c1-3-5-7-9-11-13-15-17-18-19-20-21-31-34-37-40-43-46-49-53-57-61-65-69-75(80)74(73-79)78-76(81)70-66-62-58-54-50-47-44-41-38-35-32-29-27-25-23-22-24-26-28-30-33-36-39-42-45-48-52-56-60-64-68-72-83-77(82)71-67-63-59-55-51-16-14-12-10-8-6-4-2/h12,14,24,26,74-75,79-80H,3-11,13,15-23,25,27-73H2,1-2H3,(H,78,81)/b14-12-,26-24-. The second-order valence-electron chi connectivity index (χ2n) is 26.3. The summed E-state index contributed by atoms with van der Waals surface area (Å²) in [6.07, 6.45) is 92.6. The first-order chi connectivity index (χ1) is 41.0. The maximum Gasteiger partial charge on any atom is 0.305 e. The zero-order valence-corrected chi connectivity index (χ0v) is 56.5. The summed E-state index contributed by atoms with van der Waals surface area (Å²) in [5.41, 5.74) is 0. The van der Waals surface area contributed by atoms with Gasteiger partial charge >= 0.3 is 5.97 Å². The number of carbonyl (C=O) groups is 2. The Kier molecular flexibility index (Phi) is 71.4. The van der Waals surface area contributed by atoms with Crippen LogP contribution >= 0.6 is 0 Å². The smallest absolute Gasteiger partial charge is 0.305 e. The Bertz CT molecular complexity index is 1300. The molecule has 6 heteroatoms. The molecule has 0 rings (SSSR count). The van der Waals surface area contributed by atoms with Crippen LogP contribution in [0.15, 0.2) is 24.3 Å². The van der Waals surface area contributed by atoms with Crippen LogP contribution < -0.4 is 5.32 Å². The summed E-state index contributed by atoms with van der Waals surface area (Å²) in [7, 11) is 0. The lowest BCUT2D eigenvalue weighted by Gasteiger charge is -2.22. The number of aliphatic hydroxyl groups is 2. The topological polar surface area (TPSA) is 95.9 Å². The van der Waals surface area contributed by atoms with Crippen LogP contribution in [-0.2, 0) is 14.3 Å². The van der Waals surface area contributed by atoms with E-state index in [1.807, 2.05) is 0 Å². The van der Waals surface area contributed by atoms with Crippen molar-refractivity contribution in [3.05, 3.63) is 24.3 Å². The van der Waals surface area contributed by atoms with Crippen LogP contribution in [0.25, 0.3) is 0 Å². The summed E-state index contributed by atoms with van der Waals surface area (Å²) in [6, 6.07) is -0.541. The van der Waals surface area contributed by atoms with E-state index in [0.29, 0.717) is 25.9 Å². The lowest BCUT2D eigenvalue weighted by atomic mass is 10.0. The lowest BCUT2D eigenvalue weighted by molar-refractivity contribution is -0.143. The van der Waals surface area contributed by atoms with Crippen LogP contribution in [0.2, 0.25) is 0 Å². The Hall–Kier alpha value is -1.66. The van der Waals surface area contributed by atoms with Crippen molar-refractivity contribution in [1.82, 2.24) is 5.32 Å². The number of hydrogen-bond acceptors (Lipinski definition) is 5. The average Bonchev–Trinajstić information content (AvgIpc) is 3.49. The SMILES string of the molecule is CCCCC/C=C\CCCCCCCC(=O)OCCCCCCCCCCCCCC/C=C\CCCCCCCCCCCCCCCCCC(=O)NC(CO)C(O)CCCCCCCCCCCCCCCCCCCCCCCCC. The van der Waals surface area contributed by atoms with Gasteiger partial charge in [-0.15, -0.1) is 0 Å². The highest BCUT2D eigenvalue weighted by Crippen LogP contribution is 2.20. The van der Waals surface area contributed by atoms with Gasteiger partial charge in [0, 0.05) is 12.8 Å². The highest BCUT2D eigenvalue weighted by Gasteiger charge is 2.20. The quantitative estimate of drug-likeness (QED) is 0.0320. The predicted molar refractivity (Wildman–Crippen MR) is 366 cm³/mol. The first-order valence-electron chi connectivity index (χ1n) is 38.1. The normalized spacial score (nSPS) is 12.6. The van der Waals surface area contributed by atoms with E-state index in [1.165, 1.54) is 353 Å². The van der Waals surface area contributed by atoms with Crippen molar-refractivity contribution in [1.29, 1.82) is 0 Å². The van der Waals surface area contributed by atoms with Gasteiger partial charge < -0.3 is 20.3 Å². The Morgan fingerprint density at radius 3 is 0.880 bits per heavy atom. The van der Waals surface area contributed by atoms with Crippen molar-refractivity contribution in [3.63, 3.8) is 0 Å². The monoisotopic (exact) mass is 1170 g/mol. The van der Waals surface area contributed by atoms with Crippen molar-refractivity contribution in [2.75, 3.05) is 13.2 Å². The number of carbonyl (C=O) groups excluding carboxylic acids is 2. The number of rotatable bonds is 72. The first kappa shape index (κ1) is 81.3. The minimum absolute atomic E-state index is 0.00835. The molecule has 1 amide bonds. The van der Waals surface area contributed by atoms with E-state index in [0.717, 1.165) is 44.9 Å². The molecule has 0 spiro atoms. The summed E-state index contributed by atoms with van der Waals surface area (Å²) in [6.45, 7) is 4.97. The van der Waals surface area contributed by atoms with Crippen molar-refractivity contribution in [3.8, 4) is 0 Å². The Morgan fingerprint density at radius 2 is 0.566 bits per heavy atom. The fourth-order valence-corrected chi connectivity index (χ4v) is 12.2. The van der Waals surface area contributed by atoms with Crippen LogP contribution in [0.5, 0.6) is 0 Å². The van der Waals surface area contributed by atoms with Crippen molar-refractivity contribution in [2.45, 2.75) is 443 Å². The molecule has 0 aliphatic rings. The summed E-state index contributed by atoms with van der Waals surface area (Å²) in [5.74, 6) is -0.0192. The zero-order valence-electron chi connectivity index (χ0n) is 56.5. The van der Waals surface area contributed by atoms with Gasteiger partial charge in [-0.05, 0) is 77.0 Å². The fraction of sp³-hybridized carbons (Fsp3) is 0.922. The molecule has 0 aromatic carbocycles. The summed E-state index contributed by atoms with van der Waals surface area (Å²) < 4.78 is 5.48. The molecule has 0 heterocycles. The molecule has 0 aromatic heterocycles. The van der Waals surface area contributed by atoms with Crippen molar-refractivity contribution < 1.29 is 24.5 Å². The number of allylic oxidation sites excluding steroid dienone is 4. The number of unbranched alkanes of at least 4 members (excludes halogenated alkanes) is 57. The molecule has 6 nitrogen and oxygen atoms in total. The molecule has 0 aliphatic heterocycles. The molecule has 492 valence electrons. The van der Waals surface area contributed by atoms with E-state index in [1.54, 1.807) is 0 Å². The van der Waals surface area contributed by atoms with Gasteiger partial charge in [0.15, 0.2) is 0 Å². The van der Waals surface area contributed by atoms with E-state index < -0.39 is 12.1 Å². The molecule has 2 unspecified atom stereocenters. The third-order valence-electron chi connectivity index (χ3n) is 18.0. The second kappa shape index (κ2) is 72.8. The number of aliphatic hydroxyl groups excluding tert-OH is 2. The maximum absolute atomic E-state index is 12.6. The van der Waals surface area contributed by atoms with E-state index in [9.17, 15) is 19.8 Å². The van der Waals surface area contributed by atoms with Gasteiger partial charge in [-0.3, -0.25) is 9.59 Å². The fourth-order valence-electron chi connectivity index (χ4n) is 12.2. The molecule has 0 saturated heterocycles. The highest BCUT2D eigenvalue weighted by atomic mass is 16.5. The molecule has 0 saturated carbocycles. The Morgan fingerprint density at radius 1 is 0.325 bits per heavy atom. The molecule has 2 atom stereocenters. The number of esters is 1. The van der Waals surface area contributed by atoms with E-state index >= 15 is 0 Å². The Balaban J connectivity index is 3.37. The molecular weight excluding hydrogens is 1020 g/mol. The lowest BCUT2D eigenvalue weighted by Crippen LogP contribution is -2.45. The van der Waals surface area contributed by atoms with Crippen molar-refractivity contribution >= 4 is 11.9 Å². The van der Waals surface area contributed by atoms with Crippen LogP contribution in [-0.4, -0.2) is 47.4 Å². The molecule has 0 bridgehead atoms. The second-order valence-corrected chi connectivity index (χ2v) is 26.3. The molecular formula is C77H149NO5. The van der Waals surface area contributed by atoms with Gasteiger partial charge in [0.25, 0.3) is 0 Å². The highest BCUT2D eigenvalue weighted by molar-refractivity contribution is 5.76. The van der Waals surface area contributed by atoms with Gasteiger partial charge in [-0.1, -0.05) is 366 Å². The van der Waals surface area contributed by atoms with Gasteiger partial charge in [0.05, 0.1) is 25.4 Å². The van der Waals surface area contributed by atoms with Gasteiger partial charge in [0.2, 0.25) is 5.91 Å². The molecule has 83 heavy (non-hydrogen) atoms. The third-order valence-corrected chi connectivity index (χ3v) is 18.0. The molecule has 3 N–H and O–H groups in total. The average molecular weight is 1170 g/mol. The van der Waals surface area contributed by atoms with Gasteiger partial charge in [0.1, 0.15) is 0 Å². The summed E-state index contributed by atoms with van der Waals surface area (Å²) in [5, 5.41) is 23.5. The molecule has 0 aromatic rings. The van der Waals surface area contributed by atoms with Gasteiger partial charge in [-0.2, -0.15) is 0 Å². The summed E-state index contributed by atoms with van der Waals surface area (Å²) in [4.78, 5) is 24.6. The molecule has 0 aliphatic carbocycles. The van der Waals surface area contributed by atoms with Crippen LogP contribution in [0, 0.1) is 0 Å². The van der Waals surface area contributed by atoms with Gasteiger partial charge in [-0.25, -0.2) is 0 Å². The third kappa shape index (κ3) is 69.3. The largest absolute Gasteiger partial charge is 0.466 e. The van der Waals surface area contributed by atoms with E-state index in [4.69, 9.17) is 4.74 Å². The van der Waals surface area contributed by atoms with Crippen molar-refractivity contribution in [2.24, 2.45) is 0 Å². The molecule has 0 radical (unpaired) electrons. The number of hydrogen-bond donors (Lipinski definition) is 3. The van der Waals surface area contributed by atoms with E-state index in [2.05, 4.69) is 43.5 Å². The summed E-state index contributed by atoms with van der Waals surface area (Å²) >= 11 is 0. The Labute approximate surface area is 520 Å². The van der Waals surface area contributed by atoms with Crippen LogP contribution in [0.1, 0.15) is 431 Å². The molecule has 0 fully saturated rings. The zero-order chi connectivity index (χ0) is 59.9. The minimum Gasteiger partial charge on any atom is -0.466 e. The van der Waals surface area contributed by atoms with E-state index in [-0.39, 0.29) is 18.5 Å². The minimum atomic E-state index is -0.664. The number of amides is 1. The first-order valence-corrected chi connectivity index (χ1v) is 38.1. The predicted octanol–water partition coefficient (Wildman–Crippen LogP) is 24.9.